The lowest BCUT2D eigenvalue weighted by molar-refractivity contribution is 1.20. The first kappa shape index (κ1) is 10.5. The molecule has 0 unspecified atom stereocenters. The van der Waals surface area contributed by atoms with E-state index in [2.05, 4.69) is 16.7 Å². The molecule has 0 spiro atoms. The minimum absolute atomic E-state index is 0.540. The number of aryl methyl sites for hydroxylation is 1. The molecule has 1 aromatic carbocycles. The highest BCUT2D eigenvalue weighted by Crippen LogP contribution is 2.13. The maximum Gasteiger partial charge on any atom is 0.170 e. The highest BCUT2D eigenvalue weighted by atomic mass is 32.1. The summed E-state index contributed by atoms with van der Waals surface area (Å²) in [5.41, 5.74) is 2.45. The molecule has 1 aromatic rings. The number of nitriles is 1. The molecule has 0 bridgehead atoms. The van der Waals surface area contributed by atoms with Crippen LogP contribution in [0.25, 0.3) is 0 Å². The Balaban J connectivity index is 2.91. The van der Waals surface area contributed by atoms with Crippen molar-refractivity contribution >= 4 is 23.0 Å². The van der Waals surface area contributed by atoms with Crippen molar-refractivity contribution in [2.24, 2.45) is 0 Å². The lowest BCUT2D eigenvalue weighted by Crippen LogP contribution is -2.24. The third-order valence-electron chi connectivity index (χ3n) is 1.84. The topological polar surface area (TPSA) is 47.8 Å². The van der Waals surface area contributed by atoms with Gasteiger partial charge < -0.3 is 10.6 Å². The smallest absolute Gasteiger partial charge is 0.170 e. The number of nitrogens with one attached hydrogen (secondary N) is 2. The first-order valence-electron chi connectivity index (χ1n) is 4.17. The van der Waals surface area contributed by atoms with Crippen LogP contribution >= 0.6 is 12.2 Å². The minimum Gasteiger partial charge on any atom is -0.366 e. The number of benzene rings is 1. The molecule has 14 heavy (non-hydrogen) atoms. The van der Waals surface area contributed by atoms with Crippen LogP contribution in [0.15, 0.2) is 18.2 Å². The van der Waals surface area contributed by atoms with Gasteiger partial charge in [0.05, 0.1) is 11.6 Å². The Morgan fingerprint density at radius 1 is 1.50 bits per heavy atom. The normalized spacial score (nSPS) is 8.93. The standard InChI is InChI=1S/C10H11N3S/c1-7-3-4-9(5-8(7)6-11)13-10(14)12-2/h3-5H,1-2H3,(H2,12,13,14). The van der Waals surface area contributed by atoms with E-state index < -0.39 is 0 Å². The Bertz CT molecular complexity index is 393. The summed E-state index contributed by atoms with van der Waals surface area (Å²) in [6.07, 6.45) is 0. The number of hydrogen-bond acceptors (Lipinski definition) is 2. The van der Waals surface area contributed by atoms with E-state index in [1.54, 1.807) is 13.1 Å². The summed E-state index contributed by atoms with van der Waals surface area (Å²) in [7, 11) is 1.74. The van der Waals surface area contributed by atoms with Gasteiger partial charge in [-0.1, -0.05) is 6.07 Å². The third-order valence-corrected chi connectivity index (χ3v) is 2.15. The Labute approximate surface area is 88.7 Å². The highest BCUT2D eigenvalue weighted by Gasteiger charge is 1.99. The molecule has 0 aliphatic heterocycles. The van der Waals surface area contributed by atoms with Crippen LogP contribution in [-0.4, -0.2) is 12.2 Å². The molecule has 2 N–H and O–H groups in total. The Morgan fingerprint density at radius 2 is 2.21 bits per heavy atom. The minimum atomic E-state index is 0.540. The zero-order valence-corrected chi connectivity index (χ0v) is 8.90. The fourth-order valence-corrected chi connectivity index (χ4v) is 1.13. The van der Waals surface area contributed by atoms with Gasteiger partial charge in [-0.2, -0.15) is 5.26 Å². The van der Waals surface area contributed by atoms with Crippen LogP contribution in [0.4, 0.5) is 5.69 Å². The van der Waals surface area contributed by atoms with Crippen molar-refractivity contribution in [1.82, 2.24) is 5.32 Å². The van der Waals surface area contributed by atoms with E-state index in [1.165, 1.54) is 0 Å². The lowest BCUT2D eigenvalue weighted by atomic mass is 10.1. The first-order chi connectivity index (χ1) is 6.67. The summed E-state index contributed by atoms with van der Waals surface area (Å²) >= 11 is 4.94. The molecule has 0 aromatic heterocycles. The molecular weight excluding hydrogens is 194 g/mol. The molecular formula is C10H11N3S. The van der Waals surface area contributed by atoms with Crippen molar-refractivity contribution in [3.8, 4) is 6.07 Å². The molecule has 0 amide bonds. The van der Waals surface area contributed by atoms with Gasteiger partial charge in [-0.15, -0.1) is 0 Å². The van der Waals surface area contributed by atoms with Crippen molar-refractivity contribution in [3.63, 3.8) is 0 Å². The highest BCUT2D eigenvalue weighted by molar-refractivity contribution is 7.80. The van der Waals surface area contributed by atoms with Crippen LogP contribution in [-0.2, 0) is 0 Å². The molecule has 0 fully saturated rings. The van der Waals surface area contributed by atoms with Crippen molar-refractivity contribution in [2.75, 3.05) is 12.4 Å². The van der Waals surface area contributed by atoms with Gasteiger partial charge in [0.25, 0.3) is 0 Å². The average molecular weight is 205 g/mol. The molecule has 4 heteroatoms. The number of hydrogen-bond donors (Lipinski definition) is 2. The molecule has 0 aliphatic carbocycles. The van der Waals surface area contributed by atoms with Gasteiger partial charge in [0.1, 0.15) is 0 Å². The summed E-state index contributed by atoms with van der Waals surface area (Å²) < 4.78 is 0. The molecule has 0 saturated heterocycles. The summed E-state index contributed by atoms with van der Waals surface area (Å²) in [5.74, 6) is 0. The zero-order valence-electron chi connectivity index (χ0n) is 8.09. The Kier molecular flexibility index (Phi) is 3.43. The van der Waals surface area contributed by atoms with Gasteiger partial charge >= 0.3 is 0 Å². The van der Waals surface area contributed by atoms with E-state index in [4.69, 9.17) is 17.5 Å². The van der Waals surface area contributed by atoms with E-state index in [0.29, 0.717) is 10.7 Å². The van der Waals surface area contributed by atoms with Crippen LogP contribution in [0, 0.1) is 18.3 Å². The van der Waals surface area contributed by atoms with E-state index in [9.17, 15) is 0 Å². The van der Waals surface area contributed by atoms with E-state index >= 15 is 0 Å². The second kappa shape index (κ2) is 4.58. The monoisotopic (exact) mass is 205 g/mol. The molecule has 72 valence electrons. The van der Waals surface area contributed by atoms with Crippen molar-refractivity contribution in [3.05, 3.63) is 29.3 Å². The van der Waals surface area contributed by atoms with Gasteiger partial charge in [-0.3, -0.25) is 0 Å². The van der Waals surface area contributed by atoms with Crippen LogP contribution in [0.5, 0.6) is 0 Å². The zero-order chi connectivity index (χ0) is 10.6. The van der Waals surface area contributed by atoms with E-state index in [0.717, 1.165) is 11.3 Å². The van der Waals surface area contributed by atoms with Gasteiger partial charge in [0.2, 0.25) is 0 Å². The van der Waals surface area contributed by atoms with Gasteiger partial charge in [0, 0.05) is 12.7 Å². The quantitative estimate of drug-likeness (QED) is 0.686. The number of thiocarbonyl (C=S) groups is 1. The lowest BCUT2D eigenvalue weighted by Gasteiger charge is -2.07. The van der Waals surface area contributed by atoms with Gasteiger partial charge in [-0.05, 0) is 36.8 Å². The third kappa shape index (κ3) is 2.44. The maximum absolute atomic E-state index is 8.81. The first-order valence-corrected chi connectivity index (χ1v) is 4.57. The summed E-state index contributed by atoms with van der Waals surface area (Å²) in [4.78, 5) is 0. The predicted octanol–water partition coefficient (Wildman–Crippen LogP) is 1.78. The number of anilines is 1. The molecule has 1 rings (SSSR count). The van der Waals surface area contributed by atoms with Gasteiger partial charge in [-0.25, -0.2) is 0 Å². The molecule has 3 nitrogen and oxygen atoms in total. The van der Waals surface area contributed by atoms with Crippen molar-refractivity contribution in [2.45, 2.75) is 6.92 Å². The maximum atomic E-state index is 8.81. The Morgan fingerprint density at radius 3 is 2.79 bits per heavy atom. The fourth-order valence-electron chi connectivity index (χ4n) is 1.01. The van der Waals surface area contributed by atoms with Gasteiger partial charge in [0.15, 0.2) is 5.11 Å². The van der Waals surface area contributed by atoms with E-state index in [1.807, 2.05) is 19.1 Å². The molecule has 0 radical (unpaired) electrons. The van der Waals surface area contributed by atoms with E-state index in [-0.39, 0.29) is 0 Å². The predicted molar refractivity (Wildman–Crippen MR) is 61.2 cm³/mol. The van der Waals surface area contributed by atoms with Crippen LogP contribution < -0.4 is 10.6 Å². The fraction of sp³-hybridized carbons (Fsp3) is 0.200. The molecule has 0 aliphatic rings. The second-order valence-corrected chi connectivity index (χ2v) is 3.25. The molecule has 0 atom stereocenters. The summed E-state index contributed by atoms with van der Waals surface area (Å²) in [5, 5.41) is 15.1. The van der Waals surface area contributed by atoms with Crippen molar-refractivity contribution in [1.29, 1.82) is 5.26 Å². The van der Waals surface area contributed by atoms with Crippen LogP contribution in [0.2, 0.25) is 0 Å². The average Bonchev–Trinajstić information content (AvgIpc) is 2.20. The summed E-state index contributed by atoms with van der Waals surface area (Å²) in [6.45, 7) is 1.90. The van der Waals surface area contributed by atoms with Crippen LogP contribution in [0.1, 0.15) is 11.1 Å². The number of nitrogens with zero attached hydrogens (tertiary/aromatic N) is 1. The second-order valence-electron chi connectivity index (χ2n) is 2.85. The molecule has 0 saturated carbocycles. The number of rotatable bonds is 1. The largest absolute Gasteiger partial charge is 0.366 e. The SMILES string of the molecule is CNC(=S)Nc1ccc(C)c(C#N)c1. The van der Waals surface area contributed by atoms with Crippen molar-refractivity contribution < 1.29 is 0 Å². The molecule has 0 heterocycles. The summed E-state index contributed by atoms with van der Waals surface area (Å²) in [6, 6.07) is 7.68. The van der Waals surface area contributed by atoms with Crippen LogP contribution in [0.3, 0.4) is 0 Å². The Hall–Kier alpha value is -1.60.